The molecule has 0 radical (unpaired) electrons. The van der Waals surface area contributed by atoms with Crippen LogP contribution >= 0.6 is 0 Å². The molecule has 0 saturated heterocycles. The van der Waals surface area contributed by atoms with Crippen molar-refractivity contribution >= 4 is 17.3 Å². The summed E-state index contributed by atoms with van der Waals surface area (Å²) >= 11 is 0. The van der Waals surface area contributed by atoms with E-state index in [4.69, 9.17) is 11.5 Å². The summed E-state index contributed by atoms with van der Waals surface area (Å²) in [6.45, 7) is 6.86. The maximum atomic E-state index is 12.6. The zero-order valence-electron chi connectivity index (χ0n) is 13.1. The highest BCUT2D eigenvalue weighted by Crippen LogP contribution is 2.62. The number of nitrogen functional groups attached to an aromatic ring is 2. The minimum atomic E-state index is -0.0839. The number of anilines is 2. The minimum absolute atomic E-state index is 0.0839. The molecule has 4 nitrogen and oxygen atoms in total. The number of amides is 1. The number of nitrogens with two attached hydrogens (primary N) is 2. The molecule has 114 valence electrons. The van der Waals surface area contributed by atoms with Crippen LogP contribution in [0.4, 0.5) is 11.4 Å². The highest BCUT2D eigenvalue weighted by molar-refractivity contribution is 6.00. The van der Waals surface area contributed by atoms with Gasteiger partial charge in [-0.3, -0.25) is 4.79 Å². The quantitative estimate of drug-likeness (QED) is 0.732. The van der Waals surface area contributed by atoms with E-state index in [1.165, 1.54) is 19.3 Å². The fraction of sp³-hybridized carbons (Fsp3) is 0.588. The summed E-state index contributed by atoms with van der Waals surface area (Å²) in [7, 11) is 0. The van der Waals surface area contributed by atoms with E-state index in [-0.39, 0.29) is 22.8 Å². The van der Waals surface area contributed by atoms with Crippen molar-refractivity contribution in [3.05, 3.63) is 23.8 Å². The second-order valence-electron chi connectivity index (χ2n) is 7.67. The molecule has 3 atom stereocenters. The Morgan fingerprint density at radius 3 is 2.57 bits per heavy atom. The molecule has 1 amide bonds. The molecular formula is C17H25N3O. The number of hydrogen-bond acceptors (Lipinski definition) is 3. The maximum absolute atomic E-state index is 12.6. The number of hydrogen-bond donors (Lipinski definition) is 3. The van der Waals surface area contributed by atoms with Gasteiger partial charge in [-0.15, -0.1) is 0 Å². The van der Waals surface area contributed by atoms with Crippen molar-refractivity contribution in [2.24, 2.45) is 16.7 Å². The SMILES string of the molecule is CC12CCC(C1)C(C)(C)C2NC(=O)c1ccc(N)cc1N. The van der Waals surface area contributed by atoms with Crippen LogP contribution in [0.1, 0.15) is 50.4 Å². The van der Waals surface area contributed by atoms with Crippen molar-refractivity contribution < 1.29 is 4.79 Å². The van der Waals surface area contributed by atoms with Gasteiger partial charge in [-0.2, -0.15) is 0 Å². The number of carbonyl (C=O) groups excluding carboxylic acids is 1. The summed E-state index contributed by atoms with van der Waals surface area (Å²) in [6, 6.07) is 5.28. The minimum Gasteiger partial charge on any atom is -0.399 e. The molecular weight excluding hydrogens is 262 g/mol. The zero-order valence-corrected chi connectivity index (χ0v) is 13.1. The zero-order chi connectivity index (χ0) is 15.4. The second kappa shape index (κ2) is 4.39. The van der Waals surface area contributed by atoms with Gasteiger partial charge in [0.15, 0.2) is 0 Å². The Bertz CT molecular complexity index is 591. The molecule has 0 heterocycles. The smallest absolute Gasteiger partial charge is 0.253 e. The lowest BCUT2D eigenvalue weighted by Crippen LogP contribution is -2.52. The molecule has 2 aliphatic carbocycles. The highest BCUT2D eigenvalue weighted by atomic mass is 16.1. The number of benzene rings is 1. The van der Waals surface area contributed by atoms with E-state index < -0.39 is 0 Å². The summed E-state index contributed by atoms with van der Waals surface area (Å²) in [4.78, 5) is 12.6. The number of carbonyl (C=O) groups is 1. The van der Waals surface area contributed by atoms with Gasteiger partial charge in [-0.25, -0.2) is 0 Å². The summed E-state index contributed by atoms with van der Waals surface area (Å²) in [6.07, 6.45) is 3.69. The monoisotopic (exact) mass is 287 g/mol. The lowest BCUT2D eigenvalue weighted by atomic mass is 9.68. The molecule has 0 aromatic heterocycles. The predicted molar refractivity (Wildman–Crippen MR) is 85.8 cm³/mol. The first-order chi connectivity index (χ1) is 9.74. The molecule has 3 rings (SSSR count). The Morgan fingerprint density at radius 2 is 2.00 bits per heavy atom. The largest absolute Gasteiger partial charge is 0.399 e. The number of nitrogens with one attached hydrogen (secondary N) is 1. The van der Waals surface area contributed by atoms with Gasteiger partial charge in [0.2, 0.25) is 0 Å². The van der Waals surface area contributed by atoms with Gasteiger partial charge in [0.05, 0.1) is 5.56 Å². The third-order valence-corrected chi connectivity index (χ3v) is 5.87. The van der Waals surface area contributed by atoms with E-state index in [2.05, 4.69) is 26.1 Å². The Morgan fingerprint density at radius 1 is 1.29 bits per heavy atom. The van der Waals surface area contributed by atoms with Crippen LogP contribution in [-0.2, 0) is 0 Å². The van der Waals surface area contributed by atoms with E-state index in [0.29, 0.717) is 22.9 Å². The molecule has 5 N–H and O–H groups in total. The van der Waals surface area contributed by atoms with E-state index in [0.717, 1.165) is 0 Å². The standard InChI is InChI=1S/C17H25N3O/c1-16(2)10-6-7-17(3,9-10)15(16)20-14(21)12-5-4-11(18)8-13(12)19/h4-5,8,10,15H,6-7,9,18-19H2,1-3H3,(H,20,21). The fourth-order valence-electron chi connectivity index (χ4n) is 4.66. The normalized spacial score (nSPS) is 33.1. The van der Waals surface area contributed by atoms with Gasteiger partial charge in [0.1, 0.15) is 0 Å². The van der Waals surface area contributed by atoms with Gasteiger partial charge in [-0.05, 0) is 54.2 Å². The molecule has 3 unspecified atom stereocenters. The number of rotatable bonds is 2. The molecule has 4 heteroatoms. The second-order valence-corrected chi connectivity index (χ2v) is 7.67. The Balaban J connectivity index is 1.85. The van der Waals surface area contributed by atoms with Crippen LogP contribution in [0.2, 0.25) is 0 Å². The van der Waals surface area contributed by atoms with E-state index in [1.807, 2.05) is 0 Å². The first-order valence-electron chi connectivity index (χ1n) is 7.70. The van der Waals surface area contributed by atoms with E-state index >= 15 is 0 Å². The van der Waals surface area contributed by atoms with Crippen molar-refractivity contribution in [3.63, 3.8) is 0 Å². The average Bonchev–Trinajstić information content (AvgIpc) is 2.85. The Kier molecular flexibility index (Phi) is 2.98. The third-order valence-electron chi connectivity index (χ3n) is 5.87. The van der Waals surface area contributed by atoms with Gasteiger partial charge in [0.25, 0.3) is 5.91 Å². The summed E-state index contributed by atoms with van der Waals surface area (Å²) in [5, 5.41) is 3.26. The molecule has 1 aromatic carbocycles. The third kappa shape index (κ3) is 2.08. The van der Waals surface area contributed by atoms with Crippen molar-refractivity contribution in [1.29, 1.82) is 0 Å². The summed E-state index contributed by atoms with van der Waals surface area (Å²) < 4.78 is 0. The van der Waals surface area contributed by atoms with E-state index in [1.54, 1.807) is 18.2 Å². The number of fused-ring (bicyclic) bond motifs is 2. The van der Waals surface area contributed by atoms with Gasteiger partial charge in [0, 0.05) is 17.4 Å². The van der Waals surface area contributed by atoms with Crippen molar-refractivity contribution in [2.75, 3.05) is 11.5 Å². The van der Waals surface area contributed by atoms with Gasteiger partial charge < -0.3 is 16.8 Å². The van der Waals surface area contributed by atoms with Crippen LogP contribution in [0.25, 0.3) is 0 Å². The first kappa shape index (κ1) is 14.2. The fourth-order valence-corrected chi connectivity index (χ4v) is 4.66. The van der Waals surface area contributed by atoms with E-state index in [9.17, 15) is 4.79 Å². The van der Waals surface area contributed by atoms with Gasteiger partial charge >= 0.3 is 0 Å². The van der Waals surface area contributed by atoms with Crippen LogP contribution in [0, 0.1) is 16.7 Å². The molecule has 2 saturated carbocycles. The molecule has 0 aliphatic heterocycles. The Hall–Kier alpha value is -1.71. The van der Waals surface area contributed by atoms with Crippen LogP contribution in [0.5, 0.6) is 0 Å². The summed E-state index contributed by atoms with van der Waals surface area (Å²) in [5.41, 5.74) is 13.5. The Labute approximate surface area is 126 Å². The van der Waals surface area contributed by atoms with Gasteiger partial charge in [-0.1, -0.05) is 20.8 Å². The lowest BCUT2D eigenvalue weighted by Gasteiger charge is -2.43. The van der Waals surface area contributed by atoms with Crippen molar-refractivity contribution in [2.45, 2.75) is 46.1 Å². The van der Waals surface area contributed by atoms with Crippen molar-refractivity contribution in [1.82, 2.24) is 5.32 Å². The van der Waals surface area contributed by atoms with Crippen molar-refractivity contribution in [3.8, 4) is 0 Å². The lowest BCUT2D eigenvalue weighted by molar-refractivity contribution is 0.0738. The molecule has 2 fully saturated rings. The average molecular weight is 287 g/mol. The van der Waals surface area contributed by atoms with Crippen LogP contribution in [0.3, 0.4) is 0 Å². The molecule has 2 aliphatic rings. The topological polar surface area (TPSA) is 81.1 Å². The predicted octanol–water partition coefficient (Wildman–Crippen LogP) is 2.80. The molecule has 0 spiro atoms. The highest BCUT2D eigenvalue weighted by Gasteiger charge is 2.59. The van der Waals surface area contributed by atoms with Crippen LogP contribution in [-0.4, -0.2) is 11.9 Å². The van der Waals surface area contributed by atoms with Crippen LogP contribution < -0.4 is 16.8 Å². The molecule has 2 bridgehead atoms. The van der Waals surface area contributed by atoms with Crippen LogP contribution in [0.15, 0.2) is 18.2 Å². The maximum Gasteiger partial charge on any atom is 0.253 e. The first-order valence-corrected chi connectivity index (χ1v) is 7.70. The molecule has 1 aromatic rings. The molecule has 21 heavy (non-hydrogen) atoms. The summed E-state index contributed by atoms with van der Waals surface area (Å²) in [5.74, 6) is 0.621.